The first-order valence-corrected chi connectivity index (χ1v) is 9.02. The maximum Gasteiger partial charge on any atom is 0.216 e. The van der Waals surface area contributed by atoms with Crippen molar-refractivity contribution in [2.45, 2.75) is 18.1 Å². The first kappa shape index (κ1) is 17.0. The van der Waals surface area contributed by atoms with Crippen LogP contribution in [0, 0.1) is 5.92 Å². The smallest absolute Gasteiger partial charge is 0.216 e. The van der Waals surface area contributed by atoms with Crippen LogP contribution in [0.5, 0.6) is 0 Å². The molecule has 0 aromatic heterocycles. The molecular formula is C14H19Cl2NO3S. The van der Waals surface area contributed by atoms with Crippen molar-refractivity contribution in [2.75, 3.05) is 27.3 Å². The largest absolute Gasteiger partial charge is 0.381 e. The summed E-state index contributed by atoms with van der Waals surface area (Å²) < 4.78 is 31.7. The SMILES string of the molecule is CN(C)S(=O)(=O)[C@H]1CCOC[C@H]1Cc1c(Cl)cccc1Cl. The number of benzene rings is 1. The molecular weight excluding hydrogens is 333 g/mol. The Morgan fingerprint density at radius 1 is 1.29 bits per heavy atom. The molecule has 1 aromatic carbocycles. The highest BCUT2D eigenvalue weighted by Gasteiger charge is 2.37. The molecule has 0 unspecified atom stereocenters. The Hall–Kier alpha value is -0.330. The topological polar surface area (TPSA) is 46.6 Å². The zero-order chi connectivity index (χ0) is 15.6. The van der Waals surface area contributed by atoms with Crippen LogP contribution in [-0.4, -0.2) is 45.3 Å². The van der Waals surface area contributed by atoms with Crippen LogP contribution in [0.25, 0.3) is 0 Å². The minimum absolute atomic E-state index is 0.149. The summed E-state index contributed by atoms with van der Waals surface area (Å²) in [4.78, 5) is 0. The van der Waals surface area contributed by atoms with Gasteiger partial charge in [-0.05, 0) is 30.5 Å². The summed E-state index contributed by atoms with van der Waals surface area (Å²) >= 11 is 12.4. The molecule has 0 amide bonds. The Labute approximate surface area is 136 Å². The lowest BCUT2D eigenvalue weighted by atomic mass is 9.93. The van der Waals surface area contributed by atoms with Crippen molar-refractivity contribution < 1.29 is 13.2 Å². The molecule has 1 aliphatic heterocycles. The van der Waals surface area contributed by atoms with E-state index in [1.807, 2.05) is 0 Å². The van der Waals surface area contributed by atoms with E-state index in [-0.39, 0.29) is 5.92 Å². The summed E-state index contributed by atoms with van der Waals surface area (Å²) in [6.07, 6.45) is 0.990. The van der Waals surface area contributed by atoms with Gasteiger partial charge < -0.3 is 4.74 Å². The molecule has 2 rings (SSSR count). The number of rotatable bonds is 4. The zero-order valence-corrected chi connectivity index (χ0v) is 14.4. The van der Waals surface area contributed by atoms with Crippen LogP contribution in [0.15, 0.2) is 18.2 Å². The molecule has 0 saturated carbocycles. The van der Waals surface area contributed by atoms with Crippen LogP contribution in [0.3, 0.4) is 0 Å². The molecule has 2 atom stereocenters. The predicted octanol–water partition coefficient (Wildman–Crippen LogP) is 2.83. The van der Waals surface area contributed by atoms with Crippen LogP contribution in [0.2, 0.25) is 10.0 Å². The molecule has 4 nitrogen and oxygen atoms in total. The van der Waals surface area contributed by atoms with Gasteiger partial charge in [-0.3, -0.25) is 0 Å². The molecule has 1 aromatic rings. The van der Waals surface area contributed by atoms with Crippen LogP contribution < -0.4 is 0 Å². The summed E-state index contributed by atoms with van der Waals surface area (Å²) in [6, 6.07) is 5.31. The number of halogens is 2. The van der Waals surface area contributed by atoms with Crippen molar-refractivity contribution in [3.05, 3.63) is 33.8 Å². The van der Waals surface area contributed by atoms with Crippen LogP contribution in [0.4, 0.5) is 0 Å². The second-order valence-corrected chi connectivity index (χ2v) is 8.57. The fraction of sp³-hybridized carbons (Fsp3) is 0.571. The van der Waals surface area contributed by atoms with Gasteiger partial charge in [0.25, 0.3) is 0 Å². The van der Waals surface area contributed by atoms with Gasteiger partial charge >= 0.3 is 0 Å². The molecule has 1 aliphatic rings. The molecule has 7 heteroatoms. The van der Waals surface area contributed by atoms with Crippen molar-refractivity contribution >= 4 is 33.2 Å². The third-order valence-electron chi connectivity index (χ3n) is 3.82. The van der Waals surface area contributed by atoms with Gasteiger partial charge in [0.1, 0.15) is 0 Å². The summed E-state index contributed by atoms with van der Waals surface area (Å²) in [6.45, 7) is 0.865. The van der Waals surface area contributed by atoms with Gasteiger partial charge in [0.15, 0.2) is 0 Å². The Bertz CT molecular complexity index is 584. The lowest BCUT2D eigenvalue weighted by Crippen LogP contribution is -2.44. The summed E-state index contributed by atoms with van der Waals surface area (Å²) in [5.41, 5.74) is 0.787. The third-order valence-corrected chi connectivity index (χ3v) is 6.94. The Balaban J connectivity index is 2.28. The summed E-state index contributed by atoms with van der Waals surface area (Å²) in [5.74, 6) is -0.149. The van der Waals surface area contributed by atoms with Crippen LogP contribution in [-0.2, 0) is 21.2 Å². The van der Waals surface area contributed by atoms with E-state index in [4.69, 9.17) is 27.9 Å². The fourth-order valence-electron chi connectivity index (χ4n) is 2.62. The average molecular weight is 352 g/mol. The highest BCUT2D eigenvalue weighted by molar-refractivity contribution is 7.89. The first-order chi connectivity index (χ1) is 9.84. The van der Waals surface area contributed by atoms with E-state index in [0.29, 0.717) is 36.1 Å². The van der Waals surface area contributed by atoms with Gasteiger partial charge in [-0.15, -0.1) is 0 Å². The van der Waals surface area contributed by atoms with Crippen molar-refractivity contribution in [2.24, 2.45) is 5.92 Å². The van der Waals surface area contributed by atoms with Gasteiger partial charge in [0, 0.05) is 36.7 Å². The zero-order valence-electron chi connectivity index (χ0n) is 12.1. The lowest BCUT2D eigenvalue weighted by Gasteiger charge is -2.33. The second-order valence-electron chi connectivity index (χ2n) is 5.39. The molecule has 21 heavy (non-hydrogen) atoms. The molecule has 0 radical (unpaired) electrons. The maximum atomic E-state index is 12.5. The Morgan fingerprint density at radius 2 is 1.90 bits per heavy atom. The van der Waals surface area contributed by atoms with E-state index in [2.05, 4.69) is 0 Å². The van der Waals surface area contributed by atoms with Crippen molar-refractivity contribution in [1.82, 2.24) is 4.31 Å². The van der Waals surface area contributed by atoms with Gasteiger partial charge in [0.05, 0.1) is 11.9 Å². The predicted molar refractivity (Wildman–Crippen MR) is 85.5 cm³/mol. The van der Waals surface area contributed by atoms with E-state index < -0.39 is 15.3 Å². The maximum absolute atomic E-state index is 12.5. The van der Waals surface area contributed by atoms with Crippen LogP contribution >= 0.6 is 23.2 Å². The fourth-order valence-corrected chi connectivity index (χ4v) is 4.77. The quantitative estimate of drug-likeness (QED) is 0.837. The molecule has 0 spiro atoms. The minimum Gasteiger partial charge on any atom is -0.381 e. The molecule has 0 aliphatic carbocycles. The second kappa shape index (κ2) is 6.84. The third kappa shape index (κ3) is 3.71. The molecule has 1 fully saturated rings. The number of hydrogen-bond acceptors (Lipinski definition) is 3. The highest BCUT2D eigenvalue weighted by atomic mass is 35.5. The van der Waals surface area contributed by atoms with E-state index in [9.17, 15) is 8.42 Å². The highest BCUT2D eigenvalue weighted by Crippen LogP contribution is 2.32. The standard InChI is InChI=1S/C14H19Cl2NO3S/c1-17(2)21(18,19)14-6-7-20-9-10(14)8-11-12(15)4-3-5-13(11)16/h3-5,10,14H,6-9H2,1-2H3/t10-,14+/m1/s1. The van der Waals surface area contributed by atoms with Crippen molar-refractivity contribution in [3.63, 3.8) is 0 Å². The van der Waals surface area contributed by atoms with Gasteiger partial charge in [-0.1, -0.05) is 29.3 Å². The number of ether oxygens (including phenoxy) is 1. The summed E-state index contributed by atoms with van der Waals surface area (Å²) in [5, 5.41) is 0.664. The summed E-state index contributed by atoms with van der Waals surface area (Å²) in [7, 11) is -0.208. The first-order valence-electron chi connectivity index (χ1n) is 6.76. The number of nitrogens with zero attached hydrogens (tertiary/aromatic N) is 1. The molecule has 118 valence electrons. The number of sulfonamides is 1. The normalized spacial score (nSPS) is 23.5. The van der Waals surface area contributed by atoms with Crippen LogP contribution in [0.1, 0.15) is 12.0 Å². The lowest BCUT2D eigenvalue weighted by molar-refractivity contribution is 0.0564. The van der Waals surface area contributed by atoms with Gasteiger partial charge in [-0.2, -0.15) is 0 Å². The van der Waals surface area contributed by atoms with E-state index in [0.717, 1.165) is 5.56 Å². The monoisotopic (exact) mass is 351 g/mol. The molecule has 1 saturated heterocycles. The van der Waals surface area contributed by atoms with E-state index in [1.54, 1.807) is 32.3 Å². The molecule has 0 bridgehead atoms. The van der Waals surface area contributed by atoms with E-state index >= 15 is 0 Å². The Morgan fingerprint density at radius 3 is 2.48 bits per heavy atom. The van der Waals surface area contributed by atoms with Gasteiger partial charge in [-0.25, -0.2) is 12.7 Å². The average Bonchev–Trinajstić information content (AvgIpc) is 2.43. The van der Waals surface area contributed by atoms with Crippen molar-refractivity contribution in [3.8, 4) is 0 Å². The van der Waals surface area contributed by atoms with Gasteiger partial charge in [0.2, 0.25) is 10.0 Å². The van der Waals surface area contributed by atoms with E-state index in [1.165, 1.54) is 4.31 Å². The molecule has 1 heterocycles. The molecule has 0 N–H and O–H groups in total. The minimum atomic E-state index is -3.33. The van der Waals surface area contributed by atoms with Crippen molar-refractivity contribution in [1.29, 1.82) is 0 Å². The Kier molecular flexibility index (Phi) is 5.54. The number of hydrogen-bond donors (Lipinski definition) is 0.